The molecule has 0 bridgehead atoms. The first-order valence-electron chi connectivity index (χ1n) is 8.67. The Morgan fingerprint density at radius 3 is 2.50 bits per heavy atom. The zero-order valence-electron chi connectivity index (χ0n) is 15.0. The van der Waals surface area contributed by atoms with Crippen LogP contribution in [0.3, 0.4) is 0 Å². The highest BCUT2D eigenvalue weighted by molar-refractivity contribution is 5.96. The summed E-state index contributed by atoms with van der Waals surface area (Å²) in [6, 6.07) is 20.6. The summed E-state index contributed by atoms with van der Waals surface area (Å²) in [6.07, 6.45) is 2.52. The van der Waals surface area contributed by atoms with Crippen LogP contribution in [0.1, 0.15) is 40.1 Å². The highest BCUT2D eigenvalue weighted by Gasteiger charge is 2.22. The van der Waals surface area contributed by atoms with E-state index >= 15 is 0 Å². The number of carbonyl (C=O) groups excluding carboxylic acids is 1. The lowest BCUT2D eigenvalue weighted by atomic mass is 9.99. The number of amides is 1. The van der Waals surface area contributed by atoms with E-state index in [0.29, 0.717) is 11.3 Å². The number of hydrogen-bond donors (Lipinski definition) is 1. The molecular formula is C22H22N2O2. The molecule has 0 spiro atoms. The summed E-state index contributed by atoms with van der Waals surface area (Å²) >= 11 is 0. The van der Waals surface area contributed by atoms with Gasteiger partial charge < -0.3 is 10.1 Å². The molecule has 1 aromatic heterocycles. The molecule has 2 aromatic carbocycles. The topological polar surface area (TPSA) is 51.2 Å². The molecule has 1 N–H and O–H groups in total. The number of aromatic nitrogens is 1. The van der Waals surface area contributed by atoms with Gasteiger partial charge in [-0.05, 0) is 36.2 Å². The molecule has 26 heavy (non-hydrogen) atoms. The van der Waals surface area contributed by atoms with Gasteiger partial charge in [0.25, 0.3) is 5.91 Å². The lowest BCUT2D eigenvalue weighted by molar-refractivity contribution is 0.0941. The van der Waals surface area contributed by atoms with E-state index in [9.17, 15) is 4.79 Å². The quantitative estimate of drug-likeness (QED) is 0.729. The van der Waals surface area contributed by atoms with Crippen molar-refractivity contribution in [3.05, 3.63) is 95.3 Å². The van der Waals surface area contributed by atoms with Crippen LogP contribution in [0.4, 0.5) is 0 Å². The van der Waals surface area contributed by atoms with Crippen LogP contribution in [0.2, 0.25) is 0 Å². The Bertz CT molecular complexity index is 878. The second kappa shape index (κ2) is 8.30. The summed E-state index contributed by atoms with van der Waals surface area (Å²) in [5.41, 5.74) is 3.34. The minimum Gasteiger partial charge on any atom is -0.496 e. The van der Waals surface area contributed by atoms with Crippen LogP contribution in [0, 0.1) is 0 Å². The third-order valence-electron chi connectivity index (χ3n) is 4.35. The lowest BCUT2D eigenvalue weighted by Crippen LogP contribution is -2.30. The van der Waals surface area contributed by atoms with E-state index in [1.54, 1.807) is 13.3 Å². The van der Waals surface area contributed by atoms with E-state index in [1.807, 2.05) is 73.7 Å². The van der Waals surface area contributed by atoms with Gasteiger partial charge in [-0.2, -0.15) is 0 Å². The Kier molecular flexibility index (Phi) is 5.64. The number of nitrogens with zero attached hydrogens (tertiary/aromatic N) is 1. The highest BCUT2D eigenvalue weighted by Crippen LogP contribution is 2.29. The average Bonchev–Trinajstić information content (AvgIpc) is 2.72. The maximum Gasteiger partial charge on any atom is 0.252 e. The first-order valence-corrected chi connectivity index (χ1v) is 8.67. The van der Waals surface area contributed by atoms with Crippen LogP contribution in [0.25, 0.3) is 0 Å². The molecule has 132 valence electrons. The summed E-state index contributed by atoms with van der Waals surface area (Å²) in [5.74, 6) is 0.594. The predicted octanol–water partition coefficient (Wildman–Crippen LogP) is 4.17. The fraction of sp³-hybridized carbons (Fsp3) is 0.182. The Morgan fingerprint density at radius 2 is 1.77 bits per heavy atom. The number of nitrogens with one attached hydrogen (secondary N) is 1. The van der Waals surface area contributed by atoms with Gasteiger partial charge in [-0.1, -0.05) is 49.4 Å². The second-order valence-corrected chi connectivity index (χ2v) is 5.91. The number of aryl methyl sites for hydroxylation is 1. The minimum atomic E-state index is -0.398. The number of benzene rings is 2. The smallest absolute Gasteiger partial charge is 0.252 e. The molecule has 1 amide bonds. The van der Waals surface area contributed by atoms with E-state index in [1.165, 1.54) is 0 Å². The average molecular weight is 346 g/mol. The largest absolute Gasteiger partial charge is 0.496 e. The Hall–Kier alpha value is -3.14. The molecule has 1 unspecified atom stereocenters. The van der Waals surface area contributed by atoms with Crippen molar-refractivity contribution < 1.29 is 9.53 Å². The molecule has 1 atom stereocenters. The molecule has 0 radical (unpaired) electrons. The maximum atomic E-state index is 13.0. The monoisotopic (exact) mass is 346 g/mol. The van der Waals surface area contributed by atoms with E-state index in [0.717, 1.165) is 23.2 Å². The summed E-state index contributed by atoms with van der Waals surface area (Å²) in [7, 11) is 1.63. The molecule has 0 saturated heterocycles. The normalized spacial score (nSPS) is 11.6. The molecule has 0 aliphatic heterocycles. The molecule has 0 saturated carbocycles. The molecule has 0 aliphatic rings. The van der Waals surface area contributed by atoms with Gasteiger partial charge in [0.2, 0.25) is 0 Å². The van der Waals surface area contributed by atoms with Crippen molar-refractivity contribution in [3.8, 4) is 5.75 Å². The number of rotatable bonds is 6. The zero-order valence-corrected chi connectivity index (χ0v) is 15.0. The molecule has 4 nitrogen and oxygen atoms in total. The number of para-hydroxylation sites is 1. The van der Waals surface area contributed by atoms with Gasteiger partial charge in [-0.15, -0.1) is 0 Å². The van der Waals surface area contributed by atoms with E-state index in [-0.39, 0.29) is 5.91 Å². The SMILES string of the molecule is CCc1ccccc1C(=O)NC(c1ccccn1)c1ccccc1OC. The highest BCUT2D eigenvalue weighted by atomic mass is 16.5. The first kappa shape index (κ1) is 17.7. The molecular weight excluding hydrogens is 324 g/mol. The fourth-order valence-electron chi connectivity index (χ4n) is 3.02. The number of methoxy groups -OCH3 is 1. The zero-order chi connectivity index (χ0) is 18.4. The van der Waals surface area contributed by atoms with Gasteiger partial charge in [0.15, 0.2) is 0 Å². The van der Waals surface area contributed by atoms with Crippen LogP contribution < -0.4 is 10.1 Å². The molecule has 3 rings (SSSR count). The van der Waals surface area contributed by atoms with Gasteiger partial charge >= 0.3 is 0 Å². The Balaban J connectivity index is 2.01. The van der Waals surface area contributed by atoms with Crippen molar-refractivity contribution >= 4 is 5.91 Å². The van der Waals surface area contributed by atoms with Gasteiger partial charge in [-0.3, -0.25) is 9.78 Å². The molecule has 1 heterocycles. The van der Waals surface area contributed by atoms with E-state index in [2.05, 4.69) is 10.3 Å². The number of pyridine rings is 1. The fourth-order valence-corrected chi connectivity index (χ4v) is 3.02. The maximum absolute atomic E-state index is 13.0. The van der Waals surface area contributed by atoms with Crippen molar-refractivity contribution in [1.82, 2.24) is 10.3 Å². The van der Waals surface area contributed by atoms with Crippen molar-refractivity contribution in [2.24, 2.45) is 0 Å². The van der Waals surface area contributed by atoms with Crippen molar-refractivity contribution in [2.75, 3.05) is 7.11 Å². The van der Waals surface area contributed by atoms with Crippen molar-refractivity contribution in [1.29, 1.82) is 0 Å². The molecule has 0 aliphatic carbocycles. The molecule has 4 heteroatoms. The standard InChI is InChI=1S/C22H22N2O2/c1-3-16-10-4-5-11-17(16)22(25)24-21(19-13-8-9-15-23-19)18-12-6-7-14-20(18)26-2/h4-15,21H,3H2,1-2H3,(H,24,25). The summed E-state index contributed by atoms with van der Waals surface area (Å²) in [4.78, 5) is 17.5. The van der Waals surface area contributed by atoms with Gasteiger partial charge in [0.1, 0.15) is 11.8 Å². The van der Waals surface area contributed by atoms with Crippen LogP contribution in [0.15, 0.2) is 72.9 Å². The lowest BCUT2D eigenvalue weighted by Gasteiger charge is -2.21. The number of ether oxygens (including phenoxy) is 1. The number of carbonyl (C=O) groups is 1. The van der Waals surface area contributed by atoms with Crippen LogP contribution in [-0.2, 0) is 6.42 Å². The van der Waals surface area contributed by atoms with Gasteiger partial charge in [0.05, 0.1) is 12.8 Å². The van der Waals surface area contributed by atoms with Gasteiger partial charge in [-0.25, -0.2) is 0 Å². The van der Waals surface area contributed by atoms with Crippen molar-refractivity contribution in [2.45, 2.75) is 19.4 Å². The third-order valence-corrected chi connectivity index (χ3v) is 4.35. The van der Waals surface area contributed by atoms with Crippen LogP contribution >= 0.6 is 0 Å². The Labute approximate surface area is 153 Å². The van der Waals surface area contributed by atoms with Crippen LogP contribution in [0.5, 0.6) is 5.75 Å². The van der Waals surface area contributed by atoms with E-state index < -0.39 is 6.04 Å². The summed E-state index contributed by atoms with van der Waals surface area (Å²) < 4.78 is 5.50. The second-order valence-electron chi connectivity index (χ2n) is 5.91. The third kappa shape index (κ3) is 3.75. The van der Waals surface area contributed by atoms with Gasteiger partial charge in [0, 0.05) is 17.3 Å². The minimum absolute atomic E-state index is 0.121. The first-order chi connectivity index (χ1) is 12.7. The van der Waals surface area contributed by atoms with Crippen molar-refractivity contribution in [3.63, 3.8) is 0 Å². The molecule has 0 fully saturated rings. The summed E-state index contributed by atoms with van der Waals surface area (Å²) in [6.45, 7) is 2.04. The van der Waals surface area contributed by atoms with Crippen LogP contribution in [-0.4, -0.2) is 18.0 Å². The summed E-state index contributed by atoms with van der Waals surface area (Å²) in [5, 5.41) is 3.13. The molecule has 3 aromatic rings. The number of hydrogen-bond acceptors (Lipinski definition) is 3. The Morgan fingerprint density at radius 1 is 1.04 bits per heavy atom. The van der Waals surface area contributed by atoms with E-state index in [4.69, 9.17) is 4.74 Å². The predicted molar refractivity (Wildman–Crippen MR) is 102 cm³/mol.